The highest BCUT2D eigenvalue weighted by Crippen LogP contribution is 2.41. The van der Waals surface area contributed by atoms with Crippen LogP contribution in [0.3, 0.4) is 0 Å². The molecule has 1 aliphatic carbocycles. The van der Waals surface area contributed by atoms with Crippen LogP contribution in [0.5, 0.6) is 5.75 Å². The van der Waals surface area contributed by atoms with Crippen molar-refractivity contribution in [3.05, 3.63) is 71.0 Å². The van der Waals surface area contributed by atoms with E-state index in [9.17, 15) is 9.50 Å². The maximum Gasteiger partial charge on any atom is 0.123 e. The third-order valence-corrected chi connectivity index (χ3v) is 7.40. The molecular weight excluding hydrogens is 415 g/mol. The quantitative estimate of drug-likeness (QED) is 0.649. The first kappa shape index (κ1) is 23.9. The Kier molecular flexibility index (Phi) is 7.84. The molecule has 2 aliphatic rings. The summed E-state index contributed by atoms with van der Waals surface area (Å²) in [6.07, 6.45) is 6.73. The van der Waals surface area contributed by atoms with Crippen molar-refractivity contribution in [1.29, 1.82) is 0 Å². The summed E-state index contributed by atoms with van der Waals surface area (Å²) in [5.74, 6) is 0.735. The third kappa shape index (κ3) is 6.03. The SMILES string of the molecule is COc1ccc(CC2(O)/C(=C\c3ccc(F)cc3)CCCCC2CN2CCN(C)CC2)cc1. The van der Waals surface area contributed by atoms with Crippen LogP contribution >= 0.6 is 0 Å². The van der Waals surface area contributed by atoms with Gasteiger partial charge in [0.05, 0.1) is 12.7 Å². The Balaban J connectivity index is 1.66. The first-order chi connectivity index (χ1) is 16.0. The summed E-state index contributed by atoms with van der Waals surface area (Å²) >= 11 is 0. The number of halogens is 1. The maximum atomic E-state index is 13.5. The van der Waals surface area contributed by atoms with Gasteiger partial charge in [0, 0.05) is 45.1 Å². The van der Waals surface area contributed by atoms with E-state index in [-0.39, 0.29) is 11.7 Å². The zero-order valence-electron chi connectivity index (χ0n) is 20.0. The van der Waals surface area contributed by atoms with Gasteiger partial charge in [0.1, 0.15) is 11.6 Å². The van der Waals surface area contributed by atoms with Crippen LogP contribution in [-0.4, -0.2) is 67.4 Å². The van der Waals surface area contributed by atoms with Crippen molar-refractivity contribution in [2.24, 2.45) is 5.92 Å². The molecule has 2 fully saturated rings. The number of likely N-dealkylation sites (N-methyl/N-ethyl adjacent to an activating group) is 1. The fourth-order valence-electron chi connectivity index (χ4n) is 5.28. The average Bonchev–Trinajstić information content (AvgIpc) is 2.96. The van der Waals surface area contributed by atoms with E-state index in [0.29, 0.717) is 6.42 Å². The Morgan fingerprint density at radius 2 is 1.73 bits per heavy atom. The van der Waals surface area contributed by atoms with E-state index in [2.05, 4.69) is 35.1 Å². The van der Waals surface area contributed by atoms with Gasteiger partial charge in [-0.25, -0.2) is 4.39 Å². The molecule has 2 unspecified atom stereocenters. The molecule has 0 amide bonds. The number of piperazine rings is 1. The largest absolute Gasteiger partial charge is 0.497 e. The summed E-state index contributed by atoms with van der Waals surface area (Å²) in [4.78, 5) is 4.89. The molecule has 1 N–H and O–H groups in total. The summed E-state index contributed by atoms with van der Waals surface area (Å²) in [6.45, 7) is 5.14. The van der Waals surface area contributed by atoms with Crippen molar-refractivity contribution in [1.82, 2.24) is 9.80 Å². The number of hydrogen-bond donors (Lipinski definition) is 1. The highest BCUT2D eigenvalue weighted by atomic mass is 19.1. The van der Waals surface area contributed by atoms with E-state index in [1.165, 1.54) is 12.1 Å². The summed E-state index contributed by atoms with van der Waals surface area (Å²) < 4.78 is 18.8. The van der Waals surface area contributed by atoms with Gasteiger partial charge in [0.25, 0.3) is 0 Å². The predicted molar refractivity (Wildman–Crippen MR) is 132 cm³/mol. The number of methoxy groups -OCH3 is 1. The molecule has 1 saturated heterocycles. The van der Waals surface area contributed by atoms with E-state index < -0.39 is 5.60 Å². The van der Waals surface area contributed by atoms with E-state index in [0.717, 1.165) is 80.9 Å². The fraction of sp³-hybridized carbons (Fsp3) is 0.500. The lowest BCUT2D eigenvalue weighted by Gasteiger charge is -2.42. The molecule has 4 nitrogen and oxygen atoms in total. The molecule has 4 rings (SSSR count). The molecule has 0 spiro atoms. The van der Waals surface area contributed by atoms with Crippen LogP contribution < -0.4 is 4.74 Å². The Morgan fingerprint density at radius 1 is 1.03 bits per heavy atom. The maximum absolute atomic E-state index is 13.5. The Labute approximate surface area is 197 Å². The van der Waals surface area contributed by atoms with E-state index in [1.807, 2.05) is 12.1 Å². The van der Waals surface area contributed by atoms with E-state index in [4.69, 9.17) is 4.74 Å². The van der Waals surface area contributed by atoms with Crippen LogP contribution in [0, 0.1) is 11.7 Å². The molecule has 0 radical (unpaired) electrons. The molecule has 1 aliphatic heterocycles. The first-order valence-corrected chi connectivity index (χ1v) is 12.2. The normalized spacial score (nSPS) is 26.3. The van der Waals surface area contributed by atoms with Gasteiger partial charge >= 0.3 is 0 Å². The van der Waals surface area contributed by atoms with Gasteiger partial charge in [-0.2, -0.15) is 0 Å². The second-order valence-corrected chi connectivity index (χ2v) is 9.72. The summed E-state index contributed by atoms with van der Waals surface area (Å²) in [7, 11) is 3.84. The smallest absolute Gasteiger partial charge is 0.123 e. The van der Waals surface area contributed by atoms with Gasteiger partial charge in [0.15, 0.2) is 0 Å². The minimum Gasteiger partial charge on any atom is -0.497 e. The highest BCUT2D eigenvalue weighted by Gasteiger charge is 2.42. The second kappa shape index (κ2) is 10.8. The predicted octanol–water partition coefficient (Wildman–Crippen LogP) is 4.63. The van der Waals surface area contributed by atoms with Gasteiger partial charge in [-0.1, -0.05) is 36.8 Å². The van der Waals surface area contributed by atoms with Crippen molar-refractivity contribution < 1.29 is 14.2 Å². The molecule has 5 heteroatoms. The van der Waals surface area contributed by atoms with Crippen molar-refractivity contribution in [2.75, 3.05) is 46.9 Å². The number of aliphatic hydroxyl groups is 1. The second-order valence-electron chi connectivity index (χ2n) is 9.72. The van der Waals surface area contributed by atoms with Crippen LogP contribution in [0.2, 0.25) is 0 Å². The molecule has 1 heterocycles. The van der Waals surface area contributed by atoms with Crippen molar-refractivity contribution in [3.8, 4) is 5.75 Å². The highest BCUT2D eigenvalue weighted by molar-refractivity contribution is 5.56. The number of hydrogen-bond acceptors (Lipinski definition) is 4. The minimum absolute atomic E-state index is 0.150. The van der Waals surface area contributed by atoms with Crippen LogP contribution in [0.15, 0.2) is 54.1 Å². The van der Waals surface area contributed by atoms with Crippen LogP contribution in [0.25, 0.3) is 6.08 Å². The first-order valence-electron chi connectivity index (χ1n) is 12.2. The molecule has 0 bridgehead atoms. The van der Waals surface area contributed by atoms with Gasteiger partial charge in [-0.3, -0.25) is 0 Å². The third-order valence-electron chi connectivity index (χ3n) is 7.40. The zero-order chi connectivity index (χ0) is 23.3. The van der Waals surface area contributed by atoms with Crippen molar-refractivity contribution in [3.63, 3.8) is 0 Å². The molecular formula is C28H37FN2O2. The molecule has 0 aromatic heterocycles. The van der Waals surface area contributed by atoms with Gasteiger partial charge in [0.2, 0.25) is 0 Å². The van der Waals surface area contributed by atoms with Crippen LogP contribution in [0.1, 0.15) is 36.8 Å². The van der Waals surface area contributed by atoms with Gasteiger partial charge in [-0.15, -0.1) is 0 Å². The van der Waals surface area contributed by atoms with Crippen molar-refractivity contribution in [2.45, 2.75) is 37.7 Å². The Hall–Kier alpha value is -2.21. The minimum atomic E-state index is -0.942. The summed E-state index contributed by atoms with van der Waals surface area (Å²) in [6, 6.07) is 14.6. The Morgan fingerprint density at radius 3 is 2.39 bits per heavy atom. The Bertz CT molecular complexity index is 920. The molecule has 2 aromatic rings. The average molecular weight is 453 g/mol. The van der Waals surface area contributed by atoms with Gasteiger partial charge in [-0.05, 0) is 67.3 Å². The van der Waals surface area contributed by atoms with Crippen LogP contribution in [-0.2, 0) is 6.42 Å². The fourth-order valence-corrected chi connectivity index (χ4v) is 5.28. The van der Waals surface area contributed by atoms with Gasteiger partial charge < -0.3 is 19.6 Å². The topological polar surface area (TPSA) is 35.9 Å². The molecule has 2 aromatic carbocycles. The number of rotatable bonds is 6. The van der Waals surface area contributed by atoms with Crippen molar-refractivity contribution >= 4 is 6.08 Å². The number of benzene rings is 2. The summed E-state index contributed by atoms with van der Waals surface area (Å²) in [5, 5.41) is 12.4. The standard InChI is InChI=1S/C28H37FN2O2/c1-30-15-17-31(18-16-30)21-25-6-4-3-5-24(19-22-7-11-26(29)12-8-22)28(25,32)20-23-9-13-27(33-2)14-10-23/h7-14,19,25,32H,3-6,15-18,20-21H2,1-2H3/b24-19-. The lowest BCUT2D eigenvalue weighted by Crippen LogP contribution is -2.51. The lowest BCUT2D eigenvalue weighted by atomic mass is 9.74. The number of ether oxygens (including phenoxy) is 1. The van der Waals surface area contributed by atoms with E-state index in [1.54, 1.807) is 19.2 Å². The summed E-state index contributed by atoms with van der Waals surface area (Å²) in [5.41, 5.74) is 2.18. The number of nitrogens with zero attached hydrogens (tertiary/aromatic N) is 2. The monoisotopic (exact) mass is 452 g/mol. The zero-order valence-corrected chi connectivity index (χ0v) is 20.0. The molecule has 2 atom stereocenters. The lowest BCUT2D eigenvalue weighted by molar-refractivity contribution is -0.00644. The molecule has 1 saturated carbocycles. The molecule has 33 heavy (non-hydrogen) atoms. The van der Waals surface area contributed by atoms with Crippen LogP contribution in [0.4, 0.5) is 4.39 Å². The molecule has 178 valence electrons. The van der Waals surface area contributed by atoms with E-state index >= 15 is 0 Å².